The van der Waals surface area contributed by atoms with E-state index < -0.39 is 50.3 Å². The fourth-order valence-electron chi connectivity index (χ4n) is 5.49. The number of nitrogens with one attached hydrogen (secondary N) is 2. The van der Waals surface area contributed by atoms with Gasteiger partial charge in [-0.2, -0.15) is 26.3 Å². The molecule has 15 heteroatoms. The van der Waals surface area contributed by atoms with Crippen molar-refractivity contribution in [2.45, 2.75) is 74.3 Å². The molecule has 1 saturated carbocycles. The minimum Gasteiger partial charge on any atom is -0.353 e. The Labute approximate surface area is 250 Å². The van der Waals surface area contributed by atoms with E-state index in [0.29, 0.717) is 23.4 Å². The molecule has 0 radical (unpaired) electrons. The number of rotatable bonds is 7. The Hall–Kier alpha value is -2.84. The maximum atomic E-state index is 13.5. The molecule has 2 amide bonds. The van der Waals surface area contributed by atoms with Crippen LogP contribution in [0.4, 0.5) is 26.3 Å². The van der Waals surface area contributed by atoms with Gasteiger partial charge in [0.2, 0.25) is 5.91 Å². The average molecular weight is 654 g/mol. The normalized spacial score (nSPS) is 18.7. The molecule has 1 saturated heterocycles. The maximum absolute atomic E-state index is 13.5. The fraction of sp³-hybridized carbons (Fsp3) is 0.500. The molecule has 2 aromatic carbocycles. The summed E-state index contributed by atoms with van der Waals surface area (Å²) in [5, 5.41) is 3.40. The van der Waals surface area contributed by atoms with Crippen LogP contribution in [-0.2, 0) is 32.0 Å². The minimum atomic E-state index is -5.28. The molecule has 1 unspecified atom stereocenters. The van der Waals surface area contributed by atoms with Crippen LogP contribution in [0.15, 0.2) is 47.4 Å². The van der Waals surface area contributed by atoms with Crippen LogP contribution in [0.1, 0.15) is 67.7 Å². The third-order valence-electron chi connectivity index (χ3n) is 7.76. The summed E-state index contributed by atoms with van der Waals surface area (Å²) in [6.07, 6.45) is -4.82. The lowest BCUT2D eigenvalue weighted by atomic mass is 9.91. The lowest BCUT2D eigenvalue weighted by Gasteiger charge is -2.37. The van der Waals surface area contributed by atoms with Gasteiger partial charge in [0.15, 0.2) is 0 Å². The number of sulfonamides is 1. The highest BCUT2D eigenvalue weighted by molar-refractivity contribution is 7.90. The highest BCUT2D eigenvalue weighted by Crippen LogP contribution is 2.37. The lowest BCUT2D eigenvalue weighted by Crippen LogP contribution is -2.48. The number of carbonyl (C=O) groups is 2. The Bertz CT molecular complexity index is 1390. The predicted molar refractivity (Wildman–Crippen MR) is 145 cm³/mol. The molecular formula is C28H30ClF6N3O4S. The summed E-state index contributed by atoms with van der Waals surface area (Å²) in [5.74, 6) is -1.60. The molecule has 1 aliphatic carbocycles. The van der Waals surface area contributed by atoms with Gasteiger partial charge in [-0.3, -0.25) is 14.5 Å². The largest absolute Gasteiger partial charge is 0.416 e. The third kappa shape index (κ3) is 8.42. The first-order valence-electron chi connectivity index (χ1n) is 13.7. The molecule has 1 atom stereocenters. The van der Waals surface area contributed by atoms with Crippen LogP contribution in [-0.4, -0.2) is 44.3 Å². The number of carbonyl (C=O) groups excluding carboxylic acids is 2. The van der Waals surface area contributed by atoms with Crippen LogP contribution in [0.2, 0.25) is 5.02 Å². The van der Waals surface area contributed by atoms with Crippen molar-refractivity contribution in [2.24, 2.45) is 5.92 Å². The van der Waals surface area contributed by atoms with E-state index in [4.69, 9.17) is 11.6 Å². The molecule has 2 N–H and O–H groups in total. The smallest absolute Gasteiger partial charge is 0.353 e. The molecule has 7 nitrogen and oxygen atoms in total. The van der Waals surface area contributed by atoms with Crippen molar-refractivity contribution < 1.29 is 44.3 Å². The van der Waals surface area contributed by atoms with Crippen molar-refractivity contribution in [1.29, 1.82) is 0 Å². The van der Waals surface area contributed by atoms with Gasteiger partial charge in [0.1, 0.15) is 6.04 Å². The summed E-state index contributed by atoms with van der Waals surface area (Å²) in [4.78, 5) is 26.6. The summed E-state index contributed by atoms with van der Waals surface area (Å²) in [6.45, 7) is 0.399. The maximum Gasteiger partial charge on any atom is 0.416 e. The van der Waals surface area contributed by atoms with Crippen molar-refractivity contribution >= 4 is 33.4 Å². The Balaban J connectivity index is 1.56. The Kier molecular flexibility index (Phi) is 10.0. The molecular weight excluding hydrogens is 624 g/mol. The summed E-state index contributed by atoms with van der Waals surface area (Å²) >= 11 is 5.97. The fourth-order valence-corrected chi connectivity index (χ4v) is 6.67. The number of nitrogens with zero attached hydrogens (tertiary/aromatic N) is 1. The quantitative estimate of drug-likeness (QED) is 0.353. The molecule has 2 aromatic rings. The molecule has 0 spiro atoms. The van der Waals surface area contributed by atoms with Crippen LogP contribution in [0.3, 0.4) is 0 Å². The number of hydrogen-bond acceptors (Lipinski definition) is 5. The lowest BCUT2D eigenvalue weighted by molar-refractivity contribution is -0.143. The van der Waals surface area contributed by atoms with Gasteiger partial charge < -0.3 is 5.32 Å². The van der Waals surface area contributed by atoms with E-state index in [1.165, 1.54) is 24.3 Å². The number of hydrogen-bond donors (Lipinski definition) is 2. The first-order chi connectivity index (χ1) is 20.0. The van der Waals surface area contributed by atoms with E-state index in [2.05, 4.69) is 5.32 Å². The number of benzene rings is 2. The molecule has 0 bridgehead atoms. The average Bonchev–Trinajstić information content (AvgIpc) is 2.93. The van der Waals surface area contributed by atoms with Crippen LogP contribution < -0.4 is 10.0 Å². The van der Waals surface area contributed by atoms with Gasteiger partial charge >= 0.3 is 12.4 Å². The third-order valence-corrected chi connectivity index (χ3v) is 9.34. The van der Waals surface area contributed by atoms with Crippen LogP contribution in [0.25, 0.3) is 0 Å². The molecule has 43 heavy (non-hydrogen) atoms. The molecule has 236 valence electrons. The van der Waals surface area contributed by atoms with Gasteiger partial charge in [-0.05, 0) is 74.7 Å². The molecule has 1 heterocycles. The van der Waals surface area contributed by atoms with Gasteiger partial charge in [-0.15, -0.1) is 0 Å². The van der Waals surface area contributed by atoms with E-state index in [-0.39, 0.29) is 49.2 Å². The predicted octanol–water partition coefficient (Wildman–Crippen LogP) is 6.08. The van der Waals surface area contributed by atoms with Gasteiger partial charge in [0, 0.05) is 17.0 Å². The summed E-state index contributed by atoms with van der Waals surface area (Å²) < 4.78 is 108. The highest BCUT2D eigenvalue weighted by Gasteiger charge is 2.40. The second-order valence-electron chi connectivity index (χ2n) is 10.8. The zero-order valence-corrected chi connectivity index (χ0v) is 24.3. The van der Waals surface area contributed by atoms with E-state index in [9.17, 15) is 44.3 Å². The zero-order valence-electron chi connectivity index (χ0n) is 22.8. The van der Waals surface area contributed by atoms with E-state index >= 15 is 0 Å². The SMILES string of the molecule is O=C(NC1CCCCC1)C1CCN(C(C(=O)NS(=O)(=O)c2cc(C(F)(F)F)cc(C(F)(F)F)c2)c2ccc(Cl)cc2)CC1. The van der Waals surface area contributed by atoms with E-state index in [1.54, 1.807) is 9.62 Å². The first-order valence-corrected chi connectivity index (χ1v) is 15.6. The molecule has 1 aliphatic heterocycles. The van der Waals surface area contributed by atoms with E-state index in [1.807, 2.05) is 0 Å². The highest BCUT2D eigenvalue weighted by atomic mass is 35.5. The molecule has 4 rings (SSSR count). The summed E-state index contributed by atoms with van der Waals surface area (Å²) in [6, 6.07) is 4.55. The monoisotopic (exact) mass is 653 g/mol. The van der Waals surface area contributed by atoms with Crippen molar-refractivity contribution in [2.75, 3.05) is 13.1 Å². The second kappa shape index (κ2) is 13.0. The topological polar surface area (TPSA) is 95.6 Å². The van der Waals surface area contributed by atoms with Crippen LogP contribution in [0, 0.1) is 5.92 Å². The van der Waals surface area contributed by atoms with Crippen molar-refractivity contribution in [1.82, 2.24) is 14.9 Å². The molecule has 0 aromatic heterocycles. The number of piperidine rings is 1. The first kappa shape index (κ1) is 33.1. The van der Waals surface area contributed by atoms with Crippen molar-refractivity contribution in [3.63, 3.8) is 0 Å². The van der Waals surface area contributed by atoms with Gasteiger partial charge in [-0.1, -0.05) is 43.0 Å². The van der Waals surface area contributed by atoms with Gasteiger partial charge in [-0.25, -0.2) is 13.1 Å². The van der Waals surface area contributed by atoms with Gasteiger partial charge in [0.05, 0.1) is 16.0 Å². The van der Waals surface area contributed by atoms with Gasteiger partial charge in [0.25, 0.3) is 15.9 Å². The number of halogens is 7. The number of alkyl halides is 6. The number of likely N-dealkylation sites (tertiary alicyclic amines) is 1. The molecule has 2 aliphatic rings. The standard InChI is InChI=1S/C28H30ClF6N3O4S/c29-21-8-6-17(7-9-21)24(38-12-10-18(11-13-38)25(39)36-22-4-2-1-3-5-22)26(40)37-43(41,42)23-15-19(27(30,31)32)14-20(16-23)28(33,34)35/h6-9,14-16,18,22,24H,1-5,10-13H2,(H,36,39)(H,37,40). The van der Waals surface area contributed by atoms with Crippen molar-refractivity contribution in [3.05, 3.63) is 64.2 Å². The Morgan fingerprint density at radius 3 is 1.88 bits per heavy atom. The number of amides is 2. The Morgan fingerprint density at radius 2 is 1.37 bits per heavy atom. The van der Waals surface area contributed by atoms with Crippen molar-refractivity contribution in [3.8, 4) is 0 Å². The zero-order chi connectivity index (χ0) is 31.6. The second-order valence-corrected chi connectivity index (χ2v) is 12.9. The van der Waals surface area contributed by atoms with Crippen LogP contribution >= 0.6 is 11.6 Å². The summed E-state index contributed by atoms with van der Waals surface area (Å²) in [7, 11) is -5.18. The molecule has 2 fully saturated rings. The van der Waals surface area contributed by atoms with Crippen LogP contribution in [0.5, 0.6) is 0 Å². The van der Waals surface area contributed by atoms with E-state index in [0.717, 1.165) is 32.1 Å². The summed E-state index contributed by atoms with van der Waals surface area (Å²) in [5.41, 5.74) is -3.38. The minimum absolute atomic E-state index is 0.0402. The Morgan fingerprint density at radius 1 is 0.837 bits per heavy atom.